The highest BCUT2D eigenvalue weighted by atomic mass is 16.4. The highest BCUT2D eigenvalue weighted by molar-refractivity contribution is 5.74. The lowest BCUT2D eigenvalue weighted by Gasteiger charge is -2.41. The lowest BCUT2D eigenvalue weighted by molar-refractivity contribution is -0.138. The van der Waals surface area contributed by atoms with Gasteiger partial charge in [-0.3, -0.25) is 4.79 Å². The quantitative estimate of drug-likeness (QED) is 0.612. The van der Waals surface area contributed by atoms with Crippen LogP contribution in [0.25, 0.3) is 0 Å². The van der Waals surface area contributed by atoms with Crippen LogP contribution in [-0.2, 0) is 4.79 Å². The van der Waals surface area contributed by atoms with Gasteiger partial charge in [0.1, 0.15) is 0 Å². The van der Waals surface area contributed by atoms with Gasteiger partial charge in [-0.1, -0.05) is 27.2 Å². The van der Waals surface area contributed by atoms with Crippen LogP contribution >= 0.6 is 0 Å². The zero-order valence-electron chi connectivity index (χ0n) is 13.6. The fourth-order valence-electron chi connectivity index (χ4n) is 3.05. The molecule has 0 spiro atoms. The third kappa shape index (κ3) is 6.36. The molecular formula is C16H30N2O3. The number of urea groups is 1. The van der Waals surface area contributed by atoms with Crippen molar-refractivity contribution in [1.29, 1.82) is 0 Å². The van der Waals surface area contributed by atoms with Crippen LogP contribution in [0.15, 0.2) is 0 Å². The minimum absolute atomic E-state index is 0.00270. The summed E-state index contributed by atoms with van der Waals surface area (Å²) in [5.74, 6) is -0.378. The minimum atomic E-state index is -0.803. The minimum Gasteiger partial charge on any atom is -0.481 e. The Labute approximate surface area is 127 Å². The molecule has 5 heteroatoms. The van der Waals surface area contributed by atoms with Gasteiger partial charge in [-0.05, 0) is 42.9 Å². The summed E-state index contributed by atoms with van der Waals surface area (Å²) in [6.45, 7) is 7.45. The second-order valence-electron chi connectivity index (χ2n) is 6.86. The lowest BCUT2D eigenvalue weighted by Crippen LogP contribution is -2.46. The summed E-state index contributed by atoms with van der Waals surface area (Å²) < 4.78 is 0. The van der Waals surface area contributed by atoms with E-state index in [0.29, 0.717) is 17.9 Å². The van der Waals surface area contributed by atoms with E-state index in [-0.39, 0.29) is 18.4 Å². The van der Waals surface area contributed by atoms with Crippen molar-refractivity contribution in [2.75, 3.05) is 13.1 Å². The van der Waals surface area contributed by atoms with Crippen molar-refractivity contribution < 1.29 is 14.7 Å². The Morgan fingerprint density at radius 2 is 1.90 bits per heavy atom. The molecule has 0 radical (unpaired) electrons. The molecular weight excluding hydrogens is 268 g/mol. The predicted molar refractivity (Wildman–Crippen MR) is 83.2 cm³/mol. The van der Waals surface area contributed by atoms with E-state index in [2.05, 4.69) is 31.4 Å². The summed E-state index contributed by atoms with van der Waals surface area (Å²) in [4.78, 5) is 22.7. The summed E-state index contributed by atoms with van der Waals surface area (Å²) in [6.07, 6.45) is 5.66. The highest BCUT2D eigenvalue weighted by Gasteiger charge is 2.35. The first-order chi connectivity index (χ1) is 9.87. The Balaban J connectivity index is 2.30. The van der Waals surface area contributed by atoms with Gasteiger partial charge in [-0.2, -0.15) is 0 Å². The number of amides is 2. The van der Waals surface area contributed by atoms with Crippen LogP contribution in [0.3, 0.4) is 0 Å². The number of carboxylic acid groups (broad SMARTS) is 1. The fraction of sp³-hybridized carbons (Fsp3) is 0.875. The van der Waals surface area contributed by atoms with Crippen molar-refractivity contribution in [2.24, 2.45) is 17.3 Å². The third-order valence-corrected chi connectivity index (χ3v) is 4.61. The third-order valence-electron chi connectivity index (χ3n) is 4.61. The van der Waals surface area contributed by atoms with Gasteiger partial charge in [0.25, 0.3) is 0 Å². The Hall–Kier alpha value is -1.26. The van der Waals surface area contributed by atoms with Crippen LogP contribution in [0.5, 0.6) is 0 Å². The van der Waals surface area contributed by atoms with Crippen LogP contribution in [0, 0.1) is 17.3 Å². The maximum absolute atomic E-state index is 11.9. The maximum Gasteiger partial charge on any atom is 0.314 e. The molecule has 21 heavy (non-hydrogen) atoms. The molecule has 1 unspecified atom stereocenters. The lowest BCUT2D eigenvalue weighted by atomic mass is 9.67. The van der Waals surface area contributed by atoms with E-state index in [1.54, 1.807) is 0 Å². The van der Waals surface area contributed by atoms with Gasteiger partial charge in [0.2, 0.25) is 0 Å². The molecule has 3 N–H and O–H groups in total. The average molecular weight is 298 g/mol. The summed E-state index contributed by atoms with van der Waals surface area (Å²) in [6, 6.07) is -0.172. The average Bonchev–Trinajstić information content (AvgIpc) is 2.34. The van der Waals surface area contributed by atoms with E-state index < -0.39 is 5.97 Å². The second-order valence-corrected chi connectivity index (χ2v) is 6.86. The summed E-state index contributed by atoms with van der Waals surface area (Å²) in [5.41, 5.74) is 0.301. The molecule has 0 aromatic heterocycles. The normalized spacial score (nSPS) is 17.9. The van der Waals surface area contributed by atoms with Gasteiger partial charge in [0.15, 0.2) is 0 Å². The van der Waals surface area contributed by atoms with Gasteiger partial charge >= 0.3 is 12.0 Å². The van der Waals surface area contributed by atoms with Crippen LogP contribution in [-0.4, -0.2) is 30.2 Å². The van der Waals surface area contributed by atoms with E-state index in [9.17, 15) is 9.59 Å². The first-order valence-corrected chi connectivity index (χ1v) is 8.10. The molecule has 1 aliphatic rings. The first kappa shape index (κ1) is 17.8. The van der Waals surface area contributed by atoms with Crippen LogP contribution in [0.1, 0.15) is 59.3 Å². The number of carbonyl (C=O) groups excluding carboxylic acids is 1. The van der Waals surface area contributed by atoms with Gasteiger partial charge < -0.3 is 15.7 Å². The smallest absolute Gasteiger partial charge is 0.314 e. The molecule has 1 saturated carbocycles. The number of nitrogens with one attached hydrogen (secondary N) is 2. The number of hydrogen-bond donors (Lipinski definition) is 3. The zero-order valence-corrected chi connectivity index (χ0v) is 13.6. The largest absolute Gasteiger partial charge is 0.481 e. The highest BCUT2D eigenvalue weighted by Crippen LogP contribution is 2.42. The number of aliphatic carboxylic acids is 1. The summed E-state index contributed by atoms with van der Waals surface area (Å²) in [7, 11) is 0. The van der Waals surface area contributed by atoms with E-state index in [0.717, 1.165) is 19.4 Å². The van der Waals surface area contributed by atoms with Crippen molar-refractivity contribution in [1.82, 2.24) is 10.6 Å². The van der Waals surface area contributed by atoms with Gasteiger partial charge in [0.05, 0.1) is 0 Å². The number of carboxylic acids is 1. The monoisotopic (exact) mass is 298 g/mol. The van der Waals surface area contributed by atoms with Gasteiger partial charge in [-0.25, -0.2) is 4.79 Å². The molecule has 1 aliphatic carbocycles. The van der Waals surface area contributed by atoms with Crippen LogP contribution in [0.4, 0.5) is 4.79 Å². The van der Waals surface area contributed by atoms with Gasteiger partial charge in [-0.15, -0.1) is 0 Å². The second kappa shape index (κ2) is 8.25. The number of rotatable bonds is 9. The molecule has 0 aliphatic heterocycles. The molecule has 0 aromatic carbocycles. The van der Waals surface area contributed by atoms with Crippen molar-refractivity contribution in [3.8, 4) is 0 Å². The van der Waals surface area contributed by atoms with E-state index in [1.165, 1.54) is 19.3 Å². The van der Waals surface area contributed by atoms with Crippen LogP contribution in [0.2, 0.25) is 0 Å². The van der Waals surface area contributed by atoms with E-state index in [1.807, 2.05) is 0 Å². The molecule has 0 heterocycles. The van der Waals surface area contributed by atoms with Crippen molar-refractivity contribution in [2.45, 2.75) is 59.3 Å². The predicted octanol–water partition coefficient (Wildman–Crippen LogP) is 3.00. The number of carbonyl (C=O) groups is 2. The van der Waals surface area contributed by atoms with Crippen molar-refractivity contribution in [3.05, 3.63) is 0 Å². The van der Waals surface area contributed by atoms with E-state index in [4.69, 9.17) is 5.11 Å². The molecule has 1 atom stereocenters. The number of hydrogen-bond acceptors (Lipinski definition) is 2. The first-order valence-electron chi connectivity index (χ1n) is 8.10. The van der Waals surface area contributed by atoms with Crippen LogP contribution < -0.4 is 10.6 Å². The molecule has 5 nitrogen and oxygen atoms in total. The fourth-order valence-corrected chi connectivity index (χ4v) is 3.05. The Kier molecular flexibility index (Phi) is 6.99. The topological polar surface area (TPSA) is 78.4 Å². The molecule has 2 amide bonds. The Morgan fingerprint density at radius 3 is 2.33 bits per heavy atom. The standard InChI is InChI=1S/C16H30N2O3/c1-4-16(6-5-7-16)11-18-15(21)17-10-13(8-12(2)3)9-14(19)20/h12-13H,4-11H2,1-3H3,(H,19,20)(H2,17,18,21). The summed E-state index contributed by atoms with van der Waals surface area (Å²) in [5, 5.41) is 14.7. The SMILES string of the molecule is CCC1(CNC(=O)NCC(CC(=O)O)CC(C)C)CCC1. The van der Waals surface area contributed by atoms with Gasteiger partial charge in [0, 0.05) is 19.5 Å². The Bertz CT molecular complexity index is 346. The molecule has 0 saturated heterocycles. The van der Waals surface area contributed by atoms with Crippen molar-refractivity contribution in [3.63, 3.8) is 0 Å². The molecule has 1 rings (SSSR count). The molecule has 122 valence electrons. The molecule has 0 aromatic rings. The molecule has 0 bridgehead atoms. The Morgan fingerprint density at radius 1 is 1.24 bits per heavy atom. The molecule has 1 fully saturated rings. The van der Waals surface area contributed by atoms with Crippen molar-refractivity contribution >= 4 is 12.0 Å². The maximum atomic E-state index is 11.9. The zero-order chi connectivity index (χ0) is 15.9. The van der Waals surface area contributed by atoms with E-state index >= 15 is 0 Å². The summed E-state index contributed by atoms with van der Waals surface area (Å²) >= 11 is 0.